The Morgan fingerprint density at radius 1 is 1.29 bits per heavy atom. The maximum Gasteiger partial charge on any atom is 0.414 e. The van der Waals surface area contributed by atoms with Crippen molar-refractivity contribution in [2.24, 2.45) is 0 Å². The number of ether oxygens (including phenoxy) is 2. The minimum absolute atomic E-state index is 0.116. The molecule has 1 aromatic carbocycles. The van der Waals surface area contributed by atoms with E-state index in [4.69, 9.17) is 37.1 Å². The lowest BCUT2D eigenvalue weighted by atomic mass is 10.1. The molecule has 1 aromatic heterocycles. The molecule has 0 bridgehead atoms. The van der Waals surface area contributed by atoms with Crippen molar-refractivity contribution in [2.45, 2.75) is 13.8 Å². The van der Waals surface area contributed by atoms with E-state index in [0.717, 1.165) is 6.92 Å². The molecule has 0 spiro atoms. The summed E-state index contributed by atoms with van der Waals surface area (Å²) in [4.78, 5) is 22.8. The first kappa shape index (κ1) is 18.0. The van der Waals surface area contributed by atoms with Gasteiger partial charge >= 0.3 is 12.1 Å². The van der Waals surface area contributed by atoms with E-state index in [1.54, 1.807) is 13.0 Å². The van der Waals surface area contributed by atoms with E-state index >= 15 is 0 Å². The number of aromatic hydroxyl groups is 1. The Hall–Kier alpha value is -2.38. The summed E-state index contributed by atoms with van der Waals surface area (Å²) in [5.41, 5.74) is 0.184. The highest BCUT2D eigenvalue weighted by Crippen LogP contribution is 2.49. The zero-order valence-corrected chi connectivity index (χ0v) is 14.2. The molecule has 0 radical (unpaired) electrons. The summed E-state index contributed by atoms with van der Waals surface area (Å²) >= 11 is 12.2. The molecule has 7 nitrogen and oxygen atoms in total. The van der Waals surface area contributed by atoms with Crippen LogP contribution in [0.1, 0.15) is 13.8 Å². The normalized spacial score (nSPS) is 10.3. The maximum absolute atomic E-state index is 11.6. The molecule has 24 heavy (non-hydrogen) atoms. The smallest absolute Gasteiger partial charge is 0.414 e. The third-order valence-electron chi connectivity index (χ3n) is 2.77. The van der Waals surface area contributed by atoms with Crippen LogP contribution in [0.4, 0.5) is 10.7 Å². The minimum Gasteiger partial charge on any atom is -0.502 e. The fourth-order valence-electron chi connectivity index (χ4n) is 1.87. The fraction of sp³-hybridized carbons (Fsp3) is 0.200. The van der Waals surface area contributed by atoms with E-state index in [0.29, 0.717) is 0 Å². The molecule has 0 aliphatic carbocycles. The van der Waals surface area contributed by atoms with Crippen LogP contribution in [0.3, 0.4) is 0 Å². The van der Waals surface area contributed by atoms with E-state index < -0.39 is 17.8 Å². The van der Waals surface area contributed by atoms with Gasteiger partial charge in [-0.2, -0.15) is 0 Å². The minimum atomic E-state index is -0.851. The number of benzene rings is 1. The van der Waals surface area contributed by atoms with Crippen LogP contribution in [0.2, 0.25) is 10.0 Å². The van der Waals surface area contributed by atoms with Crippen molar-refractivity contribution in [3.63, 3.8) is 0 Å². The zero-order valence-electron chi connectivity index (χ0n) is 12.7. The average Bonchev–Trinajstić information content (AvgIpc) is 2.76. The first-order valence-corrected chi connectivity index (χ1v) is 7.53. The molecule has 2 aromatic rings. The Balaban J connectivity index is 2.56. The Morgan fingerprint density at radius 2 is 1.92 bits per heavy atom. The number of furan rings is 1. The molecule has 0 saturated heterocycles. The van der Waals surface area contributed by atoms with Crippen LogP contribution in [0, 0.1) is 0 Å². The Morgan fingerprint density at radius 3 is 2.46 bits per heavy atom. The number of nitrogens with one attached hydrogen (secondary N) is 1. The molecule has 0 saturated carbocycles. The van der Waals surface area contributed by atoms with Crippen LogP contribution < -0.4 is 10.1 Å². The number of amides is 1. The van der Waals surface area contributed by atoms with Crippen molar-refractivity contribution in [2.75, 3.05) is 11.9 Å². The second-order valence-corrected chi connectivity index (χ2v) is 5.29. The van der Waals surface area contributed by atoms with Gasteiger partial charge in [0, 0.05) is 6.92 Å². The Labute approximate surface area is 147 Å². The van der Waals surface area contributed by atoms with Gasteiger partial charge in [0.05, 0.1) is 22.2 Å². The summed E-state index contributed by atoms with van der Waals surface area (Å²) in [5.74, 6) is -2.11. The number of carbonyl (C=O) groups is 2. The van der Waals surface area contributed by atoms with Gasteiger partial charge in [0.15, 0.2) is 5.76 Å². The molecule has 9 heteroatoms. The quantitative estimate of drug-likeness (QED) is 0.768. The van der Waals surface area contributed by atoms with Gasteiger partial charge in [-0.25, -0.2) is 4.79 Å². The van der Waals surface area contributed by atoms with E-state index in [9.17, 15) is 14.7 Å². The molecule has 1 heterocycles. The summed E-state index contributed by atoms with van der Waals surface area (Å²) in [7, 11) is 0. The summed E-state index contributed by atoms with van der Waals surface area (Å²) in [5, 5.41) is 13.0. The predicted molar refractivity (Wildman–Crippen MR) is 87.8 cm³/mol. The second-order valence-electron chi connectivity index (χ2n) is 4.47. The topological polar surface area (TPSA) is 98.0 Å². The number of halogens is 2. The molecule has 0 atom stereocenters. The summed E-state index contributed by atoms with van der Waals surface area (Å²) in [6.45, 7) is 2.86. The third kappa shape index (κ3) is 3.74. The second kappa shape index (κ2) is 7.46. The fourth-order valence-corrected chi connectivity index (χ4v) is 2.44. The van der Waals surface area contributed by atoms with E-state index in [2.05, 4.69) is 5.32 Å². The van der Waals surface area contributed by atoms with Gasteiger partial charge < -0.3 is 19.0 Å². The largest absolute Gasteiger partial charge is 0.502 e. The predicted octanol–water partition coefficient (Wildman–Crippen LogP) is 4.45. The molecule has 2 rings (SSSR count). The molecule has 0 aliphatic heterocycles. The molecule has 2 N–H and O–H groups in total. The SMILES string of the molecule is CCOC(=O)Nc1oc(-c2c(Cl)cccc2Cl)c(O)c1OC(C)=O. The maximum atomic E-state index is 11.6. The summed E-state index contributed by atoms with van der Waals surface area (Å²) < 4.78 is 15.0. The average molecular weight is 374 g/mol. The number of carbonyl (C=O) groups excluding carboxylic acids is 2. The van der Waals surface area contributed by atoms with Crippen LogP contribution in [0.5, 0.6) is 11.5 Å². The summed E-state index contributed by atoms with van der Waals surface area (Å²) in [6, 6.07) is 4.68. The highest BCUT2D eigenvalue weighted by molar-refractivity contribution is 6.39. The Bertz CT molecular complexity index is 766. The van der Waals surface area contributed by atoms with Crippen LogP contribution in [0.25, 0.3) is 11.3 Å². The van der Waals surface area contributed by atoms with Gasteiger partial charge in [0.2, 0.25) is 11.5 Å². The first-order valence-electron chi connectivity index (χ1n) is 6.77. The van der Waals surface area contributed by atoms with Crippen molar-refractivity contribution in [1.82, 2.24) is 0 Å². The Kier molecular flexibility index (Phi) is 5.58. The van der Waals surface area contributed by atoms with Crippen LogP contribution in [-0.2, 0) is 9.53 Å². The number of hydrogen-bond acceptors (Lipinski definition) is 6. The lowest BCUT2D eigenvalue weighted by molar-refractivity contribution is -0.132. The standard InChI is InChI=1S/C15H13Cl2NO6/c1-3-22-15(21)18-14-13(23-7(2)19)11(20)12(24-14)10-8(16)5-4-6-9(10)17/h4-6,20H,3H2,1-2H3,(H,18,21). The van der Waals surface area contributed by atoms with Crippen molar-refractivity contribution < 1.29 is 28.6 Å². The molecule has 128 valence electrons. The van der Waals surface area contributed by atoms with Gasteiger partial charge in [-0.15, -0.1) is 0 Å². The first-order chi connectivity index (χ1) is 11.3. The molecular formula is C15H13Cl2NO6. The van der Waals surface area contributed by atoms with Crippen molar-refractivity contribution in [3.05, 3.63) is 28.2 Å². The molecule has 0 aliphatic rings. The van der Waals surface area contributed by atoms with Gasteiger partial charge in [-0.1, -0.05) is 29.3 Å². The van der Waals surface area contributed by atoms with Crippen LogP contribution in [0.15, 0.2) is 22.6 Å². The van der Waals surface area contributed by atoms with Gasteiger partial charge in [-0.05, 0) is 19.1 Å². The molecule has 0 unspecified atom stereocenters. The zero-order chi connectivity index (χ0) is 17.9. The lowest BCUT2D eigenvalue weighted by Crippen LogP contribution is -2.14. The number of anilines is 1. The number of hydrogen-bond donors (Lipinski definition) is 2. The van der Waals surface area contributed by atoms with Gasteiger partial charge in [0.25, 0.3) is 5.88 Å². The van der Waals surface area contributed by atoms with Crippen LogP contribution in [-0.4, -0.2) is 23.8 Å². The van der Waals surface area contributed by atoms with Crippen molar-refractivity contribution in [3.8, 4) is 22.8 Å². The lowest BCUT2D eigenvalue weighted by Gasteiger charge is -2.04. The van der Waals surface area contributed by atoms with Gasteiger partial charge in [-0.3, -0.25) is 10.1 Å². The number of rotatable bonds is 4. The monoisotopic (exact) mass is 373 g/mol. The third-order valence-corrected chi connectivity index (χ3v) is 3.40. The van der Waals surface area contributed by atoms with Crippen LogP contribution >= 0.6 is 23.2 Å². The molecular weight excluding hydrogens is 361 g/mol. The van der Waals surface area contributed by atoms with E-state index in [1.165, 1.54) is 12.1 Å². The summed E-state index contributed by atoms with van der Waals surface area (Å²) in [6.07, 6.45) is -0.851. The van der Waals surface area contributed by atoms with E-state index in [1.807, 2.05) is 0 Å². The molecule has 1 amide bonds. The van der Waals surface area contributed by atoms with Crippen molar-refractivity contribution in [1.29, 1.82) is 0 Å². The number of esters is 1. The van der Waals surface area contributed by atoms with Gasteiger partial charge in [0.1, 0.15) is 0 Å². The van der Waals surface area contributed by atoms with Crippen molar-refractivity contribution >= 4 is 41.1 Å². The molecule has 0 fully saturated rings. The van der Waals surface area contributed by atoms with E-state index in [-0.39, 0.29) is 39.6 Å². The highest BCUT2D eigenvalue weighted by atomic mass is 35.5. The highest BCUT2D eigenvalue weighted by Gasteiger charge is 2.28.